The topological polar surface area (TPSA) is 84.7 Å². The van der Waals surface area contributed by atoms with E-state index in [1.165, 1.54) is 11.0 Å². The minimum atomic E-state index is -4.81. The highest BCUT2D eigenvalue weighted by Crippen LogP contribution is 2.44. The third kappa shape index (κ3) is 2.75. The average Bonchev–Trinajstić information content (AvgIpc) is 3.30. The van der Waals surface area contributed by atoms with Crippen molar-refractivity contribution in [3.8, 4) is 6.07 Å². The first-order valence-corrected chi connectivity index (χ1v) is 9.45. The van der Waals surface area contributed by atoms with Gasteiger partial charge in [0.1, 0.15) is 6.04 Å². The van der Waals surface area contributed by atoms with Crippen molar-refractivity contribution in [2.24, 2.45) is 5.41 Å². The fourth-order valence-corrected chi connectivity index (χ4v) is 4.56. The van der Waals surface area contributed by atoms with Crippen LogP contribution in [0.25, 0.3) is 0 Å². The fourth-order valence-electron chi connectivity index (χ4n) is 4.56. The Balaban J connectivity index is 1.69. The maximum atomic E-state index is 13.3. The fraction of sp³-hybridized carbons (Fsp3) is 0.500. The number of hydrogen-bond donors (Lipinski definition) is 0. The number of carbonyl (C=O) groups excluding carboxylic acids is 3. The van der Waals surface area contributed by atoms with Crippen LogP contribution >= 0.6 is 0 Å². The molecule has 1 aromatic carbocycles. The van der Waals surface area contributed by atoms with Crippen molar-refractivity contribution in [2.45, 2.75) is 51.5 Å². The number of alkyl halides is 3. The van der Waals surface area contributed by atoms with Gasteiger partial charge >= 0.3 is 12.2 Å². The maximum Gasteiger partial charge on any atom is 0.417 e. The van der Waals surface area contributed by atoms with Gasteiger partial charge in [0.25, 0.3) is 5.91 Å². The minimum absolute atomic E-state index is 0.133. The van der Waals surface area contributed by atoms with Crippen molar-refractivity contribution >= 4 is 23.5 Å². The van der Waals surface area contributed by atoms with Gasteiger partial charge in [0.2, 0.25) is 5.91 Å². The van der Waals surface area contributed by atoms with Crippen LogP contribution in [0.5, 0.6) is 0 Å². The Kier molecular flexibility index (Phi) is 4.18. The molecule has 2 unspecified atom stereocenters. The lowest BCUT2D eigenvalue weighted by Gasteiger charge is -2.37. The number of imide groups is 1. The molecule has 10 heteroatoms. The highest BCUT2D eigenvalue weighted by atomic mass is 19.4. The molecule has 3 fully saturated rings. The molecule has 3 aliphatic heterocycles. The number of benzene rings is 1. The largest absolute Gasteiger partial charge is 0.417 e. The highest BCUT2D eigenvalue weighted by molar-refractivity contribution is 6.22. The molecule has 0 aromatic heterocycles. The van der Waals surface area contributed by atoms with Gasteiger partial charge in [-0.2, -0.15) is 18.4 Å². The average molecular weight is 420 g/mol. The molecule has 2 bridgehead atoms. The maximum absolute atomic E-state index is 13.3. The third-order valence-corrected chi connectivity index (χ3v) is 5.85. The summed E-state index contributed by atoms with van der Waals surface area (Å²) in [5.41, 5.74) is -2.69. The molecule has 4 amide bonds. The lowest BCUT2D eigenvalue weighted by Crippen LogP contribution is -2.56. The zero-order valence-electron chi connectivity index (χ0n) is 16.5. The molecule has 3 heterocycles. The van der Waals surface area contributed by atoms with Crippen molar-refractivity contribution in [1.29, 1.82) is 5.26 Å². The minimum Gasteiger partial charge on any atom is -0.334 e. The zero-order valence-corrected chi connectivity index (χ0v) is 16.5. The van der Waals surface area contributed by atoms with Crippen LogP contribution < -0.4 is 4.90 Å². The molecule has 3 saturated heterocycles. The van der Waals surface area contributed by atoms with Gasteiger partial charge in [-0.05, 0) is 24.6 Å². The summed E-state index contributed by atoms with van der Waals surface area (Å²) in [6.45, 7) is 5.60. The monoisotopic (exact) mass is 420 g/mol. The summed E-state index contributed by atoms with van der Waals surface area (Å²) in [4.78, 5) is 42.5. The van der Waals surface area contributed by atoms with Crippen molar-refractivity contribution in [1.82, 2.24) is 9.80 Å². The molecular formula is C20H19F3N4O3. The number of nitrogens with zero attached hydrogens (tertiary/aromatic N) is 4. The van der Waals surface area contributed by atoms with E-state index in [0.717, 1.165) is 17.0 Å². The predicted octanol–water partition coefficient (Wildman–Crippen LogP) is 2.74. The summed E-state index contributed by atoms with van der Waals surface area (Å²) in [5.74, 6) is -0.789. The van der Waals surface area contributed by atoms with Gasteiger partial charge in [-0.1, -0.05) is 20.8 Å². The number of likely N-dealkylation sites (tertiary alicyclic amines) is 1. The first kappa shape index (κ1) is 20.2. The van der Waals surface area contributed by atoms with E-state index in [1.807, 2.05) is 0 Å². The van der Waals surface area contributed by atoms with Crippen molar-refractivity contribution in [3.05, 3.63) is 29.3 Å². The second-order valence-electron chi connectivity index (χ2n) is 8.81. The molecule has 30 heavy (non-hydrogen) atoms. The molecule has 158 valence electrons. The normalized spacial score (nSPS) is 25.8. The molecule has 1 aromatic rings. The Bertz CT molecular complexity index is 1010. The van der Waals surface area contributed by atoms with Crippen LogP contribution in [0.2, 0.25) is 0 Å². The van der Waals surface area contributed by atoms with E-state index in [9.17, 15) is 27.6 Å². The molecule has 0 aliphatic carbocycles. The van der Waals surface area contributed by atoms with E-state index in [-0.39, 0.29) is 17.6 Å². The van der Waals surface area contributed by atoms with Crippen molar-refractivity contribution < 1.29 is 27.6 Å². The first-order valence-electron chi connectivity index (χ1n) is 9.45. The summed E-state index contributed by atoms with van der Waals surface area (Å²) in [5, 5.41) is 8.95. The van der Waals surface area contributed by atoms with E-state index < -0.39 is 46.7 Å². The van der Waals surface area contributed by atoms with Crippen LogP contribution in [-0.4, -0.2) is 52.3 Å². The van der Waals surface area contributed by atoms with Crippen LogP contribution in [0.15, 0.2) is 18.2 Å². The van der Waals surface area contributed by atoms with Gasteiger partial charge in [0, 0.05) is 12.0 Å². The number of fused-ring (bicyclic) bond motifs is 5. The molecule has 0 saturated carbocycles. The van der Waals surface area contributed by atoms with Gasteiger partial charge in [0.05, 0.1) is 35.0 Å². The van der Waals surface area contributed by atoms with Gasteiger partial charge in [0.15, 0.2) is 0 Å². The van der Waals surface area contributed by atoms with Crippen LogP contribution in [0.3, 0.4) is 0 Å². The number of nitriles is 1. The standard InChI is InChI=1S/C20H19F3N4O3/c1-19(2,3)17(29)25-9-12-7-14(25)15-16(28)27(18(30)26(12)15)11-5-4-10(8-24)13(6-11)20(21,22)23/h4-6,12,14-15H,7,9H2,1-3H3/t12?,14?,15-/m1/s1. The van der Waals surface area contributed by atoms with Crippen molar-refractivity contribution in [2.75, 3.05) is 11.4 Å². The second-order valence-corrected chi connectivity index (χ2v) is 8.81. The van der Waals surface area contributed by atoms with E-state index in [2.05, 4.69) is 0 Å². The number of hydrogen-bond acceptors (Lipinski definition) is 4. The Morgan fingerprint density at radius 2 is 1.87 bits per heavy atom. The Hall–Kier alpha value is -3.09. The van der Waals surface area contributed by atoms with Gasteiger partial charge in [-0.25, -0.2) is 9.69 Å². The molecule has 4 rings (SSSR count). The summed E-state index contributed by atoms with van der Waals surface area (Å²) in [6.07, 6.45) is -4.34. The Labute approximate surface area is 170 Å². The summed E-state index contributed by atoms with van der Waals surface area (Å²) in [7, 11) is 0. The van der Waals surface area contributed by atoms with E-state index in [4.69, 9.17) is 5.26 Å². The SMILES string of the molecule is CC(C)(C)C(=O)N1CC2CC1[C@@H]1C(=O)N(c3ccc(C#N)c(C(F)(F)F)c3)C(=O)N21. The number of carbonyl (C=O) groups is 3. The van der Waals surface area contributed by atoms with Crippen LogP contribution in [-0.2, 0) is 15.8 Å². The number of anilines is 1. The van der Waals surface area contributed by atoms with E-state index in [0.29, 0.717) is 19.0 Å². The Morgan fingerprint density at radius 3 is 2.43 bits per heavy atom. The van der Waals surface area contributed by atoms with E-state index >= 15 is 0 Å². The van der Waals surface area contributed by atoms with Crippen LogP contribution in [0.4, 0.5) is 23.7 Å². The van der Waals surface area contributed by atoms with Crippen molar-refractivity contribution in [3.63, 3.8) is 0 Å². The second kappa shape index (κ2) is 6.20. The molecule has 0 spiro atoms. The summed E-state index contributed by atoms with van der Waals surface area (Å²) in [6, 6.07) is 1.78. The number of urea groups is 1. The smallest absolute Gasteiger partial charge is 0.334 e. The Morgan fingerprint density at radius 1 is 1.20 bits per heavy atom. The van der Waals surface area contributed by atoms with Gasteiger partial charge in [-0.3, -0.25) is 9.59 Å². The first-order chi connectivity index (χ1) is 13.9. The van der Waals surface area contributed by atoms with Gasteiger partial charge < -0.3 is 9.80 Å². The molecule has 7 nitrogen and oxygen atoms in total. The summed E-state index contributed by atoms with van der Waals surface area (Å²) < 4.78 is 40.0. The van der Waals surface area contributed by atoms with Crippen LogP contribution in [0.1, 0.15) is 38.3 Å². The molecule has 3 aliphatic rings. The molecular weight excluding hydrogens is 401 g/mol. The summed E-state index contributed by atoms with van der Waals surface area (Å²) >= 11 is 0. The predicted molar refractivity (Wildman–Crippen MR) is 98.0 cm³/mol. The molecule has 0 N–H and O–H groups in total. The third-order valence-electron chi connectivity index (χ3n) is 5.85. The number of halogens is 3. The van der Waals surface area contributed by atoms with Crippen LogP contribution in [0, 0.1) is 16.7 Å². The molecule has 0 radical (unpaired) electrons. The number of piperazine rings is 1. The molecule has 3 atom stereocenters. The number of rotatable bonds is 1. The quantitative estimate of drug-likeness (QED) is 0.654. The number of amides is 4. The highest BCUT2D eigenvalue weighted by Gasteiger charge is 2.63. The lowest BCUT2D eigenvalue weighted by atomic mass is 9.93. The lowest BCUT2D eigenvalue weighted by molar-refractivity contribution is -0.143. The van der Waals surface area contributed by atoms with Gasteiger partial charge in [-0.15, -0.1) is 0 Å². The zero-order chi connectivity index (χ0) is 22.2. The van der Waals surface area contributed by atoms with E-state index in [1.54, 1.807) is 25.7 Å².